The SMILES string of the molecule is CN(C1CCCC1)S(=O)(=O)CCn1cnc2ccccc21. The van der Waals surface area contributed by atoms with Crippen molar-refractivity contribution in [2.45, 2.75) is 38.3 Å². The number of rotatable bonds is 5. The minimum absolute atomic E-state index is 0.125. The molecule has 5 nitrogen and oxygen atoms in total. The van der Waals surface area contributed by atoms with E-state index in [9.17, 15) is 8.42 Å². The first-order valence-corrected chi connectivity index (χ1v) is 9.04. The van der Waals surface area contributed by atoms with Gasteiger partial charge in [-0.05, 0) is 25.0 Å². The van der Waals surface area contributed by atoms with Crippen LogP contribution in [-0.4, -0.2) is 41.1 Å². The van der Waals surface area contributed by atoms with Crippen molar-refractivity contribution >= 4 is 21.1 Å². The summed E-state index contributed by atoms with van der Waals surface area (Å²) < 4.78 is 28.4. The number of hydrogen-bond acceptors (Lipinski definition) is 3. The fourth-order valence-corrected chi connectivity index (χ4v) is 4.42. The highest BCUT2D eigenvalue weighted by Crippen LogP contribution is 2.24. The van der Waals surface area contributed by atoms with Crippen LogP contribution in [0.3, 0.4) is 0 Å². The quantitative estimate of drug-likeness (QED) is 0.851. The molecular weight excluding hydrogens is 286 g/mol. The highest BCUT2D eigenvalue weighted by molar-refractivity contribution is 7.89. The zero-order chi connectivity index (χ0) is 14.9. The van der Waals surface area contributed by atoms with Gasteiger partial charge in [0.15, 0.2) is 0 Å². The number of fused-ring (bicyclic) bond motifs is 1. The molecule has 21 heavy (non-hydrogen) atoms. The zero-order valence-corrected chi connectivity index (χ0v) is 13.1. The van der Waals surface area contributed by atoms with Gasteiger partial charge in [0.2, 0.25) is 10.0 Å². The highest BCUT2D eigenvalue weighted by Gasteiger charge is 2.28. The summed E-state index contributed by atoms with van der Waals surface area (Å²) >= 11 is 0. The smallest absolute Gasteiger partial charge is 0.215 e. The lowest BCUT2D eigenvalue weighted by molar-refractivity contribution is 0.372. The molecular formula is C15H21N3O2S. The van der Waals surface area contributed by atoms with Gasteiger partial charge in [0.1, 0.15) is 0 Å². The maximum atomic E-state index is 12.4. The summed E-state index contributed by atoms with van der Waals surface area (Å²) in [7, 11) is -1.48. The van der Waals surface area contributed by atoms with E-state index in [0.29, 0.717) is 6.54 Å². The number of aryl methyl sites for hydroxylation is 1. The van der Waals surface area contributed by atoms with Crippen LogP contribution >= 0.6 is 0 Å². The van der Waals surface area contributed by atoms with Gasteiger partial charge in [0.25, 0.3) is 0 Å². The first-order chi connectivity index (χ1) is 10.1. The number of aromatic nitrogens is 2. The third-order valence-electron chi connectivity index (χ3n) is 4.40. The number of para-hydroxylation sites is 2. The van der Waals surface area contributed by atoms with E-state index in [-0.39, 0.29) is 11.8 Å². The number of benzene rings is 1. The second kappa shape index (κ2) is 5.77. The lowest BCUT2D eigenvalue weighted by Crippen LogP contribution is -2.37. The fraction of sp³-hybridized carbons (Fsp3) is 0.533. The Labute approximate surface area is 125 Å². The Morgan fingerprint density at radius 1 is 1.29 bits per heavy atom. The van der Waals surface area contributed by atoms with E-state index in [0.717, 1.165) is 36.7 Å². The van der Waals surface area contributed by atoms with Crippen LogP contribution in [0.5, 0.6) is 0 Å². The number of nitrogens with zero attached hydrogens (tertiary/aromatic N) is 3. The summed E-state index contributed by atoms with van der Waals surface area (Å²) in [5.74, 6) is 0.125. The molecule has 1 aromatic carbocycles. The topological polar surface area (TPSA) is 55.2 Å². The summed E-state index contributed by atoms with van der Waals surface area (Å²) in [6, 6.07) is 7.97. The minimum atomic E-state index is -3.20. The molecule has 1 aliphatic carbocycles. The molecule has 1 heterocycles. The summed E-state index contributed by atoms with van der Waals surface area (Å²) in [5.41, 5.74) is 1.88. The second-order valence-corrected chi connectivity index (χ2v) is 7.85. The van der Waals surface area contributed by atoms with Gasteiger partial charge in [-0.25, -0.2) is 17.7 Å². The molecule has 6 heteroatoms. The Morgan fingerprint density at radius 3 is 2.76 bits per heavy atom. The van der Waals surface area contributed by atoms with Gasteiger partial charge in [-0.1, -0.05) is 25.0 Å². The molecule has 0 radical (unpaired) electrons. The molecule has 114 valence electrons. The summed E-state index contributed by atoms with van der Waals surface area (Å²) in [6.45, 7) is 0.444. The van der Waals surface area contributed by atoms with Crippen molar-refractivity contribution in [3.8, 4) is 0 Å². The Balaban J connectivity index is 1.71. The van der Waals surface area contributed by atoms with Crippen molar-refractivity contribution in [1.82, 2.24) is 13.9 Å². The van der Waals surface area contributed by atoms with Gasteiger partial charge < -0.3 is 4.57 Å². The lowest BCUT2D eigenvalue weighted by Gasteiger charge is -2.23. The van der Waals surface area contributed by atoms with Gasteiger partial charge in [0, 0.05) is 19.6 Å². The standard InChI is InChI=1S/C15H21N3O2S/c1-17(13-6-2-3-7-13)21(19,20)11-10-18-12-16-14-8-4-5-9-15(14)18/h4-5,8-9,12-13H,2-3,6-7,10-11H2,1H3. The maximum Gasteiger partial charge on any atom is 0.215 e. The van der Waals surface area contributed by atoms with Crippen LogP contribution in [0.1, 0.15) is 25.7 Å². The van der Waals surface area contributed by atoms with Crippen LogP contribution in [0.15, 0.2) is 30.6 Å². The van der Waals surface area contributed by atoms with E-state index in [2.05, 4.69) is 4.98 Å². The van der Waals surface area contributed by atoms with Crippen LogP contribution < -0.4 is 0 Å². The van der Waals surface area contributed by atoms with E-state index in [1.54, 1.807) is 17.7 Å². The van der Waals surface area contributed by atoms with Gasteiger partial charge in [-0.3, -0.25) is 0 Å². The summed E-state index contributed by atoms with van der Waals surface area (Å²) in [6.07, 6.45) is 5.97. The van der Waals surface area contributed by atoms with Gasteiger partial charge in [-0.2, -0.15) is 0 Å². The molecule has 0 unspecified atom stereocenters. The fourth-order valence-electron chi connectivity index (χ4n) is 3.04. The monoisotopic (exact) mass is 307 g/mol. The number of hydrogen-bond donors (Lipinski definition) is 0. The Bertz CT molecular complexity index is 717. The molecule has 1 saturated carbocycles. The predicted octanol–water partition coefficient (Wildman–Crippen LogP) is 2.24. The molecule has 2 aromatic rings. The van der Waals surface area contributed by atoms with Crippen molar-refractivity contribution in [2.75, 3.05) is 12.8 Å². The van der Waals surface area contributed by atoms with Crippen LogP contribution in [0.4, 0.5) is 0 Å². The Hall–Kier alpha value is -1.40. The molecule has 0 spiro atoms. The summed E-state index contributed by atoms with van der Waals surface area (Å²) in [4.78, 5) is 4.30. The van der Waals surface area contributed by atoms with E-state index >= 15 is 0 Å². The maximum absolute atomic E-state index is 12.4. The first-order valence-electron chi connectivity index (χ1n) is 7.43. The van der Waals surface area contributed by atoms with Crippen molar-refractivity contribution < 1.29 is 8.42 Å². The lowest BCUT2D eigenvalue weighted by atomic mass is 10.3. The van der Waals surface area contributed by atoms with E-state index in [1.165, 1.54) is 0 Å². The van der Waals surface area contributed by atoms with Crippen molar-refractivity contribution in [3.05, 3.63) is 30.6 Å². The second-order valence-electron chi connectivity index (χ2n) is 5.70. The zero-order valence-electron chi connectivity index (χ0n) is 12.3. The molecule has 0 atom stereocenters. The van der Waals surface area contributed by atoms with Gasteiger partial charge in [-0.15, -0.1) is 0 Å². The van der Waals surface area contributed by atoms with Crippen molar-refractivity contribution in [2.24, 2.45) is 0 Å². The third-order valence-corrected chi connectivity index (χ3v) is 6.27. The average Bonchev–Trinajstić information content (AvgIpc) is 3.14. The van der Waals surface area contributed by atoms with Crippen LogP contribution in [0.2, 0.25) is 0 Å². The van der Waals surface area contributed by atoms with E-state index in [4.69, 9.17) is 0 Å². The largest absolute Gasteiger partial charge is 0.330 e. The Kier molecular flexibility index (Phi) is 3.99. The van der Waals surface area contributed by atoms with Gasteiger partial charge >= 0.3 is 0 Å². The van der Waals surface area contributed by atoms with E-state index < -0.39 is 10.0 Å². The normalized spacial score (nSPS) is 17.0. The van der Waals surface area contributed by atoms with Crippen molar-refractivity contribution in [3.63, 3.8) is 0 Å². The molecule has 1 aliphatic rings. The molecule has 0 N–H and O–H groups in total. The third kappa shape index (κ3) is 2.96. The van der Waals surface area contributed by atoms with E-state index in [1.807, 2.05) is 28.8 Å². The minimum Gasteiger partial charge on any atom is -0.330 e. The molecule has 0 aliphatic heterocycles. The molecule has 1 aromatic heterocycles. The van der Waals surface area contributed by atoms with Crippen LogP contribution in [0.25, 0.3) is 11.0 Å². The predicted molar refractivity (Wildman–Crippen MR) is 83.5 cm³/mol. The molecule has 0 saturated heterocycles. The average molecular weight is 307 g/mol. The molecule has 3 rings (SSSR count). The molecule has 1 fully saturated rings. The molecule has 0 amide bonds. The molecule has 0 bridgehead atoms. The van der Waals surface area contributed by atoms with Crippen LogP contribution in [0, 0.1) is 0 Å². The van der Waals surface area contributed by atoms with Crippen LogP contribution in [-0.2, 0) is 16.6 Å². The van der Waals surface area contributed by atoms with Gasteiger partial charge in [0.05, 0.1) is 23.1 Å². The number of imidazole rings is 1. The summed E-state index contributed by atoms with van der Waals surface area (Å²) in [5, 5.41) is 0. The highest BCUT2D eigenvalue weighted by atomic mass is 32.2. The first kappa shape index (κ1) is 14.5. The van der Waals surface area contributed by atoms with Crippen molar-refractivity contribution in [1.29, 1.82) is 0 Å². The Morgan fingerprint density at radius 2 is 2.00 bits per heavy atom. The number of sulfonamides is 1.